The van der Waals surface area contributed by atoms with Gasteiger partial charge < -0.3 is 4.98 Å². The van der Waals surface area contributed by atoms with Crippen molar-refractivity contribution in [2.75, 3.05) is 0 Å². The van der Waals surface area contributed by atoms with Gasteiger partial charge in [0.1, 0.15) is 0 Å². The molecule has 1 N–H and O–H groups in total. The van der Waals surface area contributed by atoms with Crippen LogP contribution in [0.3, 0.4) is 0 Å². The SMILES string of the molecule is CCc1ccc2c(c1)[nH]c1cc(C(C)C)cc(C)c12. The van der Waals surface area contributed by atoms with E-state index in [2.05, 4.69) is 63.0 Å². The number of aromatic amines is 1. The Morgan fingerprint density at radius 1 is 1.05 bits per heavy atom. The van der Waals surface area contributed by atoms with Crippen molar-refractivity contribution in [2.45, 2.75) is 40.0 Å². The van der Waals surface area contributed by atoms with E-state index >= 15 is 0 Å². The number of H-pyrrole nitrogens is 1. The summed E-state index contributed by atoms with van der Waals surface area (Å²) in [5, 5.41) is 2.72. The van der Waals surface area contributed by atoms with Gasteiger partial charge in [-0.25, -0.2) is 0 Å². The highest BCUT2D eigenvalue weighted by Gasteiger charge is 2.10. The molecule has 19 heavy (non-hydrogen) atoms. The Bertz CT molecular complexity index is 747. The van der Waals surface area contributed by atoms with Crippen LogP contribution in [0.4, 0.5) is 0 Å². The Morgan fingerprint density at radius 3 is 2.53 bits per heavy atom. The smallest absolute Gasteiger partial charge is 0.0470 e. The van der Waals surface area contributed by atoms with Crippen molar-refractivity contribution in [3.8, 4) is 0 Å². The molecule has 1 aromatic heterocycles. The molecule has 0 amide bonds. The van der Waals surface area contributed by atoms with Gasteiger partial charge >= 0.3 is 0 Å². The van der Waals surface area contributed by atoms with Crippen LogP contribution in [0.2, 0.25) is 0 Å². The summed E-state index contributed by atoms with van der Waals surface area (Å²) < 4.78 is 0. The summed E-state index contributed by atoms with van der Waals surface area (Å²) in [6.45, 7) is 8.91. The molecule has 1 nitrogen and oxygen atoms in total. The molecule has 3 rings (SSSR count). The fraction of sp³-hybridized carbons (Fsp3) is 0.333. The van der Waals surface area contributed by atoms with E-state index < -0.39 is 0 Å². The van der Waals surface area contributed by atoms with Crippen molar-refractivity contribution in [3.05, 3.63) is 47.0 Å². The molecule has 0 aliphatic rings. The molecule has 0 spiro atoms. The maximum Gasteiger partial charge on any atom is 0.0470 e. The fourth-order valence-electron chi connectivity index (χ4n) is 2.88. The van der Waals surface area contributed by atoms with Crippen molar-refractivity contribution in [1.82, 2.24) is 4.98 Å². The monoisotopic (exact) mass is 251 g/mol. The summed E-state index contributed by atoms with van der Waals surface area (Å²) in [5.41, 5.74) is 6.70. The van der Waals surface area contributed by atoms with Gasteiger partial charge in [0, 0.05) is 21.8 Å². The van der Waals surface area contributed by atoms with Crippen LogP contribution in [0.15, 0.2) is 30.3 Å². The van der Waals surface area contributed by atoms with Crippen molar-refractivity contribution < 1.29 is 0 Å². The lowest BCUT2D eigenvalue weighted by molar-refractivity contribution is 0.867. The summed E-state index contributed by atoms with van der Waals surface area (Å²) in [4.78, 5) is 3.59. The van der Waals surface area contributed by atoms with Crippen LogP contribution in [-0.4, -0.2) is 4.98 Å². The third-order valence-electron chi connectivity index (χ3n) is 4.06. The first-order valence-corrected chi connectivity index (χ1v) is 7.15. The van der Waals surface area contributed by atoms with Gasteiger partial charge in [-0.15, -0.1) is 0 Å². The third kappa shape index (κ3) is 1.94. The summed E-state index contributed by atoms with van der Waals surface area (Å²) in [6, 6.07) is 11.4. The van der Waals surface area contributed by atoms with Gasteiger partial charge in [0.05, 0.1) is 0 Å². The van der Waals surface area contributed by atoms with Crippen LogP contribution >= 0.6 is 0 Å². The first-order chi connectivity index (χ1) is 9.10. The van der Waals surface area contributed by atoms with Gasteiger partial charge in [-0.2, -0.15) is 0 Å². The molecule has 0 radical (unpaired) electrons. The topological polar surface area (TPSA) is 15.8 Å². The van der Waals surface area contributed by atoms with E-state index in [1.165, 1.54) is 38.5 Å². The number of rotatable bonds is 2. The van der Waals surface area contributed by atoms with E-state index in [9.17, 15) is 0 Å². The van der Waals surface area contributed by atoms with Crippen LogP contribution in [0.1, 0.15) is 43.4 Å². The fourth-order valence-corrected chi connectivity index (χ4v) is 2.88. The molecule has 0 bridgehead atoms. The number of fused-ring (bicyclic) bond motifs is 3. The minimum absolute atomic E-state index is 0.570. The molecule has 0 atom stereocenters. The summed E-state index contributed by atoms with van der Waals surface area (Å²) in [5.74, 6) is 0.570. The van der Waals surface area contributed by atoms with Crippen LogP contribution in [-0.2, 0) is 6.42 Å². The molecule has 0 fully saturated rings. The van der Waals surface area contributed by atoms with Gasteiger partial charge in [0.15, 0.2) is 0 Å². The van der Waals surface area contributed by atoms with Crippen LogP contribution in [0, 0.1) is 6.92 Å². The highest BCUT2D eigenvalue weighted by molar-refractivity contribution is 6.09. The van der Waals surface area contributed by atoms with Crippen molar-refractivity contribution in [2.24, 2.45) is 0 Å². The van der Waals surface area contributed by atoms with Gasteiger partial charge in [-0.05, 0) is 48.1 Å². The highest BCUT2D eigenvalue weighted by atomic mass is 14.7. The second-order valence-corrected chi connectivity index (χ2v) is 5.77. The Balaban J connectivity index is 2.36. The quantitative estimate of drug-likeness (QED) is 0.635. The first kappa shape index (κ1) is 12.3. The minimum Gasteiger partial charge on any atom is -0.354 e. The molecular formula is C18H21N. The van der Waals surface area contributed by atoms with Gasteiger partial charge in [-0.3, -0.25) is 0 Å². The van der Waals surface area contributed by atoms with Gasteiger partial charge in [0.2, 0.25) is 0 Å². The van der Waals surface area contributed by atoms with E-state index in [-0.39, 0.29) is 0 Å². The maximum atomic E-state index is 3.59. The lowest BCUT2D eigenvalue weighted by Gasteiger charge is -2.07. The summed E-state index contributed by atoms with van der Waals surface area (Å²) in [7, 11) is 0. The second-order valence-electron chi connectivity index (χ2n) is 5.77. The van der Waals surface area contributed by atoms with Crippen LogP contribution in [0.5, 0.6) is 0 Å². The molecular weight excluding hydrogens is 230 g/mol. The van der Waals surface area contributed by atoms with Crippen LogP contribution in [0.25, 0.3) is 21.8 Å². The lowest BCUT2D eigenvalue weighted by Crippen LogP contribution is -1.88. The predicted octanol–water partition coefficient (Wildman–Crippen LogP) is 5.32. The highest BCUT2D eigenvalue weighted by Crippen LogP contribution is 2.31. The Labute approximate surface area is 114 Å². The standard InChI is InChI=1S/C18H21N/c1-5-13-6-7-15-16(9-13)19-17-10-14(11(2)3)8-12(4)18(15)17/h6-11,19H,5H2,1-4H3. The molecule has 98 valence electrons. The molecule has 0 saturated carbocycles. The molecule has 1 heteroatoms. The largest absolute Gasteiger partial charge is 0.354 e. The van der Waals surface area contributed by atoms with Crippen molar-refractivity contribution >= 4 is 21.8 Å². The molecule has 3 aromatic rings. The van der Waals surface area contributed by atoms with E-state index in [0.29, 0.717) is 5.92 Å². The second kappa shape index (κ2) is 4.41. The molecule has 1 heterocycles. The van der Waals surface area contributed by atoms with Gasteiger partial charge in [0.25, 0.3) is 0 Å². The zero-order valence-corrected chi connectivity index (χ0v) is 12.2. The van der Waals surface area contributed by atoms with E-state index in [4.69, 9.17) is 0 Å². The average Bonchev–Trinajstić information content (AvgIpc) is 2.75. The Morgan fingerprint density at radius 2 is 1.84 bits per heavy atom. The molecule has 2 aromatic carbocycles. The summed E-state index contributed by atoms with van der Waals surface area (Å²) in [6.07, 6.45) is 1.08. The molecule has 0 aliphatic carbocycles. The Kier molecular flexibility index (Phi) is 2.85. The van der Waals surface area contributed by atoms with Crippen LogP contribution < -0.4 is 0 Å². The van der Waals surface area contributed by atoms with Crippen molar-refractivity contribution in [1.29, 1.82) is 0 Å². The normalized spacial score (nSPS) is 11.8. The van der Waals surface area contributed by atoms with E-state index in [0.717, 1.165) is 6.42 Å². The number of aromatic nitrogens is 1. The lowest BCUT2D eigenvalue weighted by atomic mass is 9.97. The first-order valence-electron chi connectivity index (χ1n) is 7.15. The summed E-state index contributed by atoms with van der Waals surface area (Å²) >= 11 is 0. The molecule has 0 unspecified atom stereocenters. The van der Waals surface area contributed by atoms with E-state index in [1.54, 1.807) is 0 Å². The zero-order chi connectivity index (χ0) is 13.6. The third-order valence-corrected chi connectivity index (χ3v) is 4.06. The number of aryl methyl sites for hydroxylation is 2. The zero-order valence-electron chi connectivity index (χ0n) is 12.2. The number of benzene rings is 2. The van der Waals surface area contributed by atoms with E-state index in [1.807, 2.05) is 0 Å². The van der Waals surface area contributed by atoms with Gasteiger partial charge in [-0.1, -0.05) is 39.0 Å². The molecule has 0 saturated heterocycles. The number of hydrogen-bond acceptors (Lipinski definition) is 0. The van der Waals surface area contributed by atoms with Crippen molar-refractivity contribution in [3.63, 3.8) is 0 Å². The average molecular weight is 251 g/mol. The predicted molar refractivity (Wildman–Crippen MR) is 84.0 cm³/mol. The number of nitrogens with one attached hydrogen (secondary N) is 1. The minimum atomic E-state index is 0.570. The molecule has 0 aliphatic heterocycles. The maximum absolute atomic E-state index is 3.59. The number of hydrogen-bond donors (Lipinski definition) is 1. The Hall–Kier alpha value is -1.76.